The van der Waals surface area contributed by atoms with Gasteiger partial charge in [0.2, 0.25) is 5.91 Å². The van der Waals surface area contributed by atoms with Gasteiger partial charge in [-0.2, -0.15) is 0 Å². The number of amides is 1. The fourth-order valence-electron chi connectivity index (χ4n) is 5.03. The summed E-state index contributed by atoms with van der Waals surface area (Å²) in [4.78, 5) is 19.5. The predicted octanol–water partition coefficient (Wildman–Crippen LogP) is 4.70. The van der Waals surface area contributed by atoms with Crippen LogP contribution in [-0.4, -0.2) is 73.8 Å². The number of likely N-dealkylation sites (N-methyl/N-ethyl adjacent to an activating group) is 1. The number of rotatable bonds is 8. The molecule has 1 N–H and O–H groups in total. The number of anilines is 1. The van der Waals surface area contributed by atoms with Crippen LogP contribution in [0.3, 0.4) is 0 Å². The van der Waals surface area contributed by atoms with Gasteiger partial charge in [0.1, 0.15) is 11.9 Å². The van der Waals surface area contributed by atoms with Crippen LogP contribution in [0.25, 0.3) is 11.1 Å². The number of aliphatic hydroxyl groups excluding tert-OH is 1. The molecule has 6 heteroatoms. The van der Waals surface area contributed by atoms with Gasteiger partial charge < -0.3 is 19.6 Å². The van der Waals surface area contributed by atoms with Crippen LogP contribution in [-0.2, 0) is 17.8 Å². The van der Waals surface area contributed by atoms with Crippen molar-refractivity contribution in [3.8, 4) is 16.9 Å². The summed E-state index contributed by atoms with van der Waals surface area (Å²) in [6, 6.07) is 25.0. The van der Waals surface area contributed by atoms with Crippen LogP contribution in [0, 0.1) is 5.92 Å². The molecule has 3 aromatic rings. The maximum Gasteiger partial charge on any atom is 0.227 e. The Morgan fingerprint density at radius 3 is 2.34 bits per heavy atom. The highest BCUT2D eigenvalue weighted by molar-refractivity contribution is 5.80. The average Bonchev–Trinajstić information content (AvgIpc) is 2.96. The first-order valence-corrected chi connectivity index (χ1v) is 13.4. The standard InChI is InChI=1S/C32H41N3O3/c1-23-19-35(24(2)22-36)32(37)18-28-17-29(33(3)4)15-16-30(28)38-31(23)21-34(5)20-25-11-13-27(14-12-25)26-9-7-6-8-10-26/h6-17,23-24,31,36H,18-22H2,1-5H3/t23-,24+,31-/m1/s1. The summed E-state index contributed by atoms with van der Waals surface area (Å²) in [5.41, 5.74) is 5.58. The Balaban J connectivity index is 1.53. The lowest BCUT2D eigenvalue weighted by Crippen LogP contribution is -2.47. The van der Waals surface area contributed by atoms with Crippen LogP contribution in [0.4, 0.5) is 5.69 Å². The van der Waals surface area contributed by atoms with E-state index >= 15 is 0 Å². The number of benzene rings is 3. The molecule has 0 saturated heterocycles. The number of ether oxygens (including phenoxy) is 1. The van der Waals surface area contributed by atoms with Crippen molar-refractivity contribution in [2.75, 3.05) is 45.7 Å². The molecule has 0 unspecified atom stereocenters. The first kappa shape index (κ1) is 27.7. The first-order valence-electron chi connectivity index (χ1n) is 13.4. The summed E-state index contributed by atoms with van der Waals surface area (Å²) in [5.74, 6) is 0.863. The summed E-state index contributed by atoms with van der Waals surface area (Å²) in [6.07, 6.45) is 0.136. The zero-order valence-electron chi connectivity index (χ0n) is 23.3. The van der Waals surface area contributed by atoms with E-state index in [1.807, 2.05) is 55.1 Å². The zero-order valence-corrected chi connectivity index (χ0v) is 23.3. The Labute approximate surface area is 227 Å². The zero-order chi connectivity index (χ0) is 27.2. The van der Waals surface area contributed by atoms with Crippen molar-refractivity contribution in [3.05, 3.63) is 83.9 Å². The summed E-state index contributed by atoms with van der Waals surface area (Å²) >= 11 is 0. The molecule has 4 rings (SSSR count). The van der Waals surface area contributed by atoms with Crippen LogP contribution < -0.4 is 9.64 Å². The molecule has 0 bridgehead atoms. The van der Waals surface area contributed by atoms with Gasteiger partial charge >= 0.3 is 0 Å². The lowest BCUT2D eigenvalue weighted by molar-refractivity contribution is -0.134. The van der Waals surface area contributed by atoms with E-state index in [4.69, 9.17) is 4.74 Å². The molecule has 1 amide bonds. The maximum atomic E-state index is 13.3. The molecular weight excluding hydrogens is 474 g/mol. The van der Waals surface area contributed by atoms with Crippen molar-refractivity contribution in [1.29, 1.82) is 0 Å². The second-order valence-corrected chi connectivity index (χ2v) is 10.8. The highest BCUT2D eigenvalue weighted by Gasteiger charge is 2.31. The number of hydrogen-bond acceptors (Lipinski definition) is 5. The number of aliphatic hydroxyl groups is 1. The number of nitrogens with zero attached hydrogens (tertiary/aromatic N) is 3. The Kier molecular flexibility index (Phi) is 9.08. The van der Waals surface area contributed by atoms with Gasteiger partial charge in [-0.05, 0) is 48.9 Å². The van der Waals surface area contributed by atoms with Gasteiger partial charge in [0, 0.05) is 50.9 Å². The summed E-state index contributed by atoms with van der Waals surface area (Å²) in [5, 5.41) is 9.86. The van der Waals surface area contributed by atoms with E-state index in [0.717, 1.165) is 23.5 Å². The van der Waals surface area contributed by atoms with E-state index in [2.05, 4.69) is 67.4 Å². The molecule has 0 aromatic heterocycles. The fraction of sp³-hybridized carbons (Fsp3) is 0.406. The molecular formula is C32H41N3O3. The molecule has 0 saturated carbocycles. The fourth-order valence-corrected chi connectivity index (χ4v) is 5.03. The van der Waals surface area contributed by atoms with E-state index < -0.39 is 0 Å². The Morgan fingerprint density at radius 1 is 1.00 bits per heavy atom. The lowest BCUT2D eigenvalue weighted by atomic mass is 10.0. The lowest BCUT2D eigenvalue weighted by Gasteiger charge is -2.34. The average molecular weight is 516 g/mol. The summed E-state index contributed by atoms with van der Waals surface area (Å²) < 4.78 is 6.66. The summed E-state index contributed by atoms with van der Waals surface area (Å²) in [7, 11) is 6.10. The van der Waals surface area contributed by atoms with E-state index in [9.17, 15) is 9.90 Å². The Bertz CT molecular complexity index is 1200. The second-order valence-electron chi connectivity index (χ2n) is 10.8. The first-order chi connectivity index (χ1) is 18.2. The van der Waals surface area contributed by atoms with Gasteiger partial charge in [-0.15, -0.1) is 0 Å². The molecule has 6 nitrogen and oxygen atoms in total. The molecule has 0 radical (unpaired) electrons. The predicted molar refractivity (Wildman–Crippen MR) is 155 cm³/mol. The molecule has 3 aromatic carbocycles. The van der Waals surface area contributed by atoms with Crippen molar-refractivity contribution in [1.82, 2.24) is 9.80 Å². The highest BCUT2D eigenvalue weighted by atomic mass is 16.5. The smallest absolute Gasteiger partial charge is 0.227 e. The number of fused-ring (bicyclic) bond motifs is 1. The topological polar surface area (TPSA) is 56.3 Å². The van der Waals surface area contributed by atoms with Crippen molar-refractivity contribution in [3.63, 3.8) is 0 Å². The quantitative estimate of drug-likeness (QED) is 0.471. The maximum absolute atomic E-state index is 13.3. The molecule has 1 aliphatic rings. The van der Waals surface area contributed by atoms with Crippen molar-refractivity contribution in [2.45, 2.75) is 39.0 Å². The van der Waals surface area contributed by atoms with Crippen LogP contribution in [0.15, 0.2) is 72.8 Å². The van der Waals surface area contributed by atoms with E-state index in [1.54, 1.807) is 0 Å². The van der Waals surface area contributed by atoms with E-state index in [0.29, 0.717) is 13.1 Å². The SMILES string of the molecule is C[C@@H]1CN([C@@H](C)CO)C(=O)Cc2cc(N(C)C)ccc2O[C@@H]1CN(C)Cc1ccc(-c2ccccc2)cc1. The summed E-state index contributed by atoms with van der Waals surface area (Å²) in [6.45, 7) is 6.03. The molecule has 0 aliphatic carbocycles. The molecule has 1 aliphatic heterocycles. The van der Waals surface area contributed by atoms with Crippen molar-refractivity contribution >= 4 is 11.6 Å². The van der Waals surface area contributed by atoms with Crippen LogP contribution in [0.5, 0.6) is 5.75 Å². The minimum absolute atomic E-state index is 0.0201. The number of hydrogen-bond donors (Lipinski definition) is 1. The van der Waals surface area contributed by atoms with Gasteiger partial charge in [0.15, 0.2) is 0 Å². The van der Waals surface area contributed by atoms with Gasteiger partial charge in [0.05, 0.1) is 19.1 Å². The molecule has 0 fully saturated rings. The normalized spacial score (nSPS) is 18.7. The molecule has 38 heavy (non-hydrogen) atoms. The highest BCUT2D eigenvalue weighted by Crippen LogP contribution is 2.30. The monoisotopic (exact) mass is 515 g/mol. The van der Waals surface area contributed by atoms with Crippen LogP contribution >= 0.6 is 0 Å². The minimum atomic E-state index is -0.245. The third kappa shape index (κ3) is 6.74. The third-order valence-electron chi connectivity index (χ3n) is 7.42. The van der Waals surface area contributed by atoms with Crippen LogP contribution in [0.1, 0.15) is 25.0 Å². The van der Waals surface area contributed by atoms with E-state index in [1.165, 1.54) is 16.7 Å². The molecule has 0 spiro atoms. The molecule has 3 atom stereocenters. The van der Waals surface area contributed by atoms with Gasteiger partial charge in [-0.1, -0.05) is 61.5 Å². The van der Waals surface area contributed by atoms with Gasteiger partial charge in [0.25, 0.3) is 0 Å². The van der Waals surface area contributed by atoms with E-state index in [-0.39, 0.29) is 37.0 Å². The second kappa shape index (κ2) is 12.5. The Hall–Kier alpha value is -3.35. The molecule has 202 valence electrons. The van der Waals surface area contributed by atoms with Crippen molar-refractivity contribution in [2.24, 2.45) is 5.92 Å². The van der Waals surface area contributed by atoms with Gasteiger partial charge in [-0.3, -0.25) is 9.69 Å². The number of carbonyl (C=O) groups is 1. The van der Waals surface area contributed by atoms with Crippen molar-refractivity contribution < 1.29 is 14.6 Å². The number of carbonyl (C=O) groups excluding carboxylic acids is 1. The molecule has 1 heterocycles. The van der Waals surface area contributed by atoms with Gasteiger partial charge in [-0.25, -0.2) is 0 Å². The third-order valence-corrected chi connectivity index (χ3v) is 7.42. The minimum Gasteiger partial charge on any atom is -0.488 e. The van der Waals surface area contributed by atoms with Crippen LogP contribution in [0.2, 0.25) is 0 Å². The largest absolute Gasteiger partial charge is 0.488 e. The Morgan fingerprint density at radius 2 is 1.68 bits per heavy atom.